The maximum Gasteiger partial charge on any atom is 0.269 e. The SMILES string of the molecule is Cc1ccccc1C(=O)NNC(=O)c1cc(Br)cc(Br)c1. The van der Waals surface area contributed by atoms with Crippen molar-refractivity contribution in [3.8, 4) is 0 Å². The molecule has 0 aromatic heterocycles. The van der Waals surface area contributed by atoms with E-state index in [-0.39, 0.29) is 11.8 Å². The van der Waals surface area contributed by atoms with Crippen molar-refractivity contribution < 1.29 is 9.59 Å². The van der Waals surface area contributed by atoms with Gasteiger partial charge in [-0.15, -0.1) is 0 Å². The summed E-state index contributed by atoms with van der Waals surface area (Å²) in [5.74, 6) is -0.741. The van der Waals surface area contributed by atoms with Crippen LogP contribution in [0.4, 0.5) is 0 Å². The van der Waals surface area contributed by atoms with Crippen LogP contribution in [0.2, 0.25) is 0 Å². The summed E-state index contributed by atoms with van der Waals surface area (Å²) in [4.78, 5) is 24.0. The van der Waals surface area contributed by atoms with Gasteiger partial charge in [-0.25, -0.2) is 0 Å². The number of rotatable bonds is 2. The molecule has 0 aliphatic heterocycles. The zero-order valence-corrected chi connectivity index (χ0v) is 14.3. The number of hydrogen-bond acceptors (Lipinski definition) is 2. The van der Waals surface area contributed by atoms with Crippen molar-refractivity contribution in [3.05, 3.63) is 68.1 Å². The molecule has 21 heavy (non-hydrogen) atoms. The van der Waals surface area contributed by atoms with Gasteiger partial charge in [0.25, 0.3) is 11.8 Å². The highest BCUT2D eigenvalue weighted by Crippen LogP contribution is 2.19. The number of halogens is 2. The molecular formula is C15H12Br2N2O2. The Bertz CT molecular complexity index is 682. The predicted octanol–water partition coefficient (Wildman–Crippen LogP) is 3.59. The molecule has 0 atom stereocenters. The van der Waals surface area contributed by atoms with Crippen LogP contribution in [-0.4, -0.2) is 11.8 Å². The van der Waals surface area contributed by atoms with Crippen molar-refractivity contribution in [2.75, 3.05) is 0 Å². The molecule has 0 aliphatic rings. The molecule has 108 valence electrons. The van der Waals surface area contributed by atoms with Crippen LogP contribution in [0.15, 0.2) is 51.4 Å². The monoisotopic (exact) mass is 410 g/mol. The highest BCUT2D eigenvalue weighted by atomic mass is 79.9. The molecule has 0 spiro atoms. The second-order valence-corrected chi connectivity index (χ2v) is 6.21. The molecule has 6 heteroatoms. The Morgan fingerprint density at radius 2 is 1.48 bits per heavy atom. The lowest BCUT2D eigenvalue weighted by Crippen LogP contribution is -2.41. The maximum atomic E-state index is 12.0. The summed E-state index contributed by atoms with van der Waals surface area (Å²) < 4.78 is 1.54. The van der Waals surface area contributed by atoms with Gasteiger partial charge in [0.1, 0.15) is 0 Å². The van der Waals surface area contributed by atoms with Gasteiger partial charge >= 0.3 is 0 Å². The van der Waals surface area contributed by atoms with Crippen molar-refractivity contribution in [2.45, 2.75) is 6.92 Å². The molecule has 4 nitrogen and oxygen atoms in total. The Kier molecular flexibility index (Phi) is 5.14. The quantitative estimate of drug-likeness (QED) is 0.741. The molecule has 0 saturated heterocycles. The zero-order valence-electron chi connectivity index (χ0n) is 11.1. The fourth-order valence-electron chi connectivity index (χ4n) is 1.77. The molecule has 2 amide bonds. The number of amides is 2. The molecule has 2 aromatic rings. The molecule has 0 aliphatic carbocycles. The molecule has 0 fully saturated rings. The molecule has 2 rings (SSSR count). The van der Waals surface area contributed by atoms with Crippen molar-refractivity contribution in [1.29, 1.82) is 0 Å². The molecule has 0 radical (unpaired) electrons. The first-order chi connectivity index (χ1) is 9.97. The second kappa shape index (κ2) is 6.87. The van der Waals surface area contributed by atoms with Crippen LogP contribution in [-0.2, 0) is 0 Å². The highest BCUT2D eigenvalue weighted by molar-refractivity contribution is 9.11. The molecular weight excluding hydrogens is 400 g/mol. The maximum absolute atomic E-state index is 12.0. The number of hydrazine groups is 1. The van der Waals surface area contributed by atoms with Crippen LogP contribution in [0.1, 0.15) is 26.3 Å². The first-order valence-corrected chi connectivity index (χ1v) is 7.68. The highest BCUT2D eigenvalue weighted by Gasteiger charge is 2.11. The third-order valence-corrected chi connectivity index (χ3v) is 3.72. The van der Waals surface area contributed by atoms with Crippen LogP contribution in [0.25, 0.3) is 0 Å². The van der Waals surface area contributed by atoms with Gasteiger partial charge in [-0.3, -0.25) is 20.4 Å². The van der Waals surface area contributed by atoms with Gasteiger partial charge in [0.15, 0.2) is 0 Å². The average Bonchev–Trinajstić information content (AvgIpc) is 2.43. The number of hydrogen-bond donors (Lipinski definition) is 2. The van der Waals surface area contributed by atoms with E-state index in [1.165, 1.54) is 0 Å². The predicted molar refractivity (Wildman–Crippen MR) is 88.0 cm³/mol. The summed E-state index contributed by atoms with van der Waals surface area (Å²) in [5, 5.41) is 0. The normalized spacial score (nSPS) is 10.0. The standard InChI is InChI=1S/C15H12Br2N2O2/c1-9-4-2-3-5-13(9)15(21)19-18-14(20)10-6-11(16)8-12(17)7-10/h2-8H,1H3,(H,18,20)(H,19,21). The van der Waals surface area contributed by atoms with E-state index in [1.54, 1.807) is 24.3 Å². The van der Waals surface area contributed by atoms with E-state index in [9.17, 15) is 9.59 Å². The van der Waals surface area contributed by atoms with E-state index >= 15 is 0 Å². The fourth-order valence-corrected chi connectivity index (χ4v) is 3.06. The summed E-state index contributed by atoms with van der Waals surface area (Å²) in [7, 11) is 0. The first-order valence-electron chi connectivity index (χ1n) is 6.10. The number of carbonyl (C=O) groups is 2. The summed E-state index contributed by atoms with van der Waals surface area (Å²) >= 11 is 6.62. The van der Waals surface area contributed by atoms with Gasteiger partial charge in [0, 0.05) is 20.1 Å². The van der Waals surface area contributed by atoms with Gasteiger partial charge < -0.3 is 0 Å². The van der Waals surface area contributed by atoms with E-state index in [0.29, 0.717) is 11.1 Å². The summed E-state index contributed by atoms with van der Waals surface area (Å²) in [5.41, 5.74) is 6.60. The molecule has 0 unspecified atom stereocenters. The Morgan fingerprint density at radius 1 is 0.905 bits per heavy atom. The Labute approximate surface area is 139 Å². The lowest BCUT2D eigenvalue weighted by Gasteiger charge is -2.09. The van der Waals surface area contributed by atoms with Crippen molar-refractivity contribution in [3.63, 3.8) is 0 Å². The zero-order chi connectivity index (χ0) is 15.4. The summed E-state index contributed by atoms with van der Waals surface area (Å²) in [6.45, 7) is 1.84. The Hall–Kier alpha value is -1.66. The van der Waals surface area contributed by atoms with Gasteiger partial charge in [0.2, 0.25) is 0 Å². The minimum atomic E-state index is -0.390. The van der Waals surface area contributed by atoms with E-state index in [0.717, 1.165) is 14.5 Å². The third kappa shape index (κ3) is 4.15. The molecule has 2 N–H and O–H groups in total. The Balaban J connectivity index is 2.04. The topological polar surface area (TPSA) is 58.2 Å². The number of benzene rings is 2. The summed E-state index contributed by atoms with van der Waals surface area (Å²) in [6.07, 6.45) is 0. The number of nitrogens with one attached hydrogen (secondary N) is 2. The number of aryl methyl sites for hydroxylation is 1. The minimum Gasteiger partial charge on any atom is -0.267 e. The molecule has 0 saturated carbocycles. The largest absolute Gasteiger partial charge is 0.269 e. The fraction of sp³-hybridized carbons (Fsp3) is 0.0667. The van der Waals surface area contributed by atoms with Crippen LogP contribution in [0, 0.1) is 6.92 Å². The van der Waals surface area contributed by atoms with E-state index in [1.807, 2.05) is 25.1 Å². The van der Waals surface area contributed by atoms with Gasteiger partial charge in [-0.1, -0.05) is 50.1 Å². The third-order valence-electron chi connectivity index (χ3n) is 2.80. The minimum absolute atomic E-state index is 0.351. The van der Waals surface area contributed by atoms with Gasteiger partial charge in [0.05, 0.1) is 0 Å². The van der Waals surface area contributed by atoms with Gasteiger partial charge in [-0.05, 0) is 36.8 Å². The average molecular weight is 412 g/mol. The first kappa shape index (κ1) is 15.7. The van der Waals surface area contributed by atoms with Gasteiger partial charge in [-0.2, -0.15) is 0 Å². The lowest BCUT2D eigenvalue weighted by atomic mass is 10.1. The van der Waals surface area contributed by atoms with Crippen LogP contribution < -0.4 is 10.9 Å². The Morgan fingerprint density at radius 3 is 2.10 bits per heavy atom. The van der Waals surface area contributed by atoms with Crippen LogP contribution in [0.5, 0.6) is 0 Å². The second-order valence-electron chi connectivity index (χ2n) is 4.38. The summed E-state index contributed by atoms with van der Waals surface area (Å²) in [6, 6.07) is 12.3. The van der Waals surface area contributed by atoms with Crippen LogP contribution >= 0.6 is 31.9 Å². The molecule has 2 aromatic carbocycles. The van der Waals surface area contributed by atoms with E-state index in [4.69, 9.17) is 0 Å². The number of carbonyl (C=O) groups excluding carboxylic acids is 2. The van der Waals surface area contributed by atoms with Crippen molar-refractivity contribution >= 4 is 43.7 Å². The smallest absolute Gasteiger partial charge is 0.267 e. The molecule has 0 heterocycles. The molecule has 0 bridgehead atoms. The van der Waals surface area contributed by atoms with E-state index < -0.39 is 0 Å². The lowest BCUT2D eigenvalue weighted by molar-refractivity contribution is 0.0846. The van der Waals surface area contributed by atoms with Crippen molar-refractivity contribution in [1.82, 2.24) is 10.9 Å². The van der Waals surface area contributed by atoms with Crippen molar-refractivity contribution in [2.24, 2.45) is 0 Å². The van der Waals surface area contributed by atoms with E-state index in [2.05, 4.69) is 42.7 Å². The van der Waals surface area contributed by atoms with Crippen LogP contribution in [0.3, 0.4) is 0 Å².